The van der Waals surface area contributed by atoms with Crippen LogP contribution in [0.5, 0.6) is 0 Å². The number of aryl methyl sites for hydroxylation is 2. The number of carbonyl (C=O) groups excluding carboxylic acids is 2. The first-order valence-electron chi connectivity index (χ1n) is 10.9. The number of fused-ring (bicyclic) bond motifs is 9. The Hall–Kier alpha value is -3.66. The van der Waals surface area contributed by atoms with E-state index >= 15 is 0 Å². The fraction of sp³-hybridized carbons (Fsp3) is 0.214. The highest BCUT2D eigenvalue weighted by atomic mass is 16.1. The number of benzene rings is 2. The molecule has 0 bridgehead atoms. The van der Waals surface area contributed by atoms with Gasteiger partial charge in [0.25, 0.3) is 0 Å². The van der Waals surface area contributed by atoms with E-state index in [0.717, 1.165) is 32.9 Å². The van der Waals surface area contributed by atoms with Gasteiger partial charge < -0.3 is 9.13 Å². The number of ketones is 2. The van der Waals surface area contributed by atoms with Crippen molar-refractivity contribution >= 4 is 33.4 Å². The minimum Gasteiger partial charge on any atom is -0.341 e. The molecule has 4 aromatic rings. The van der Waals surface area contributed by atoms with E-state index < -0.39 is 10.8 Å². The third kappa shape index (κ3) is 1.71. The lowest BCUT2D eigenvalue weighted by Crippen LogP contribution is -2.49. The average Bonchev–Trinajstić information content (AvgIpc) is 3.41. The standard InChI is InChI=1S/C28H24N2O2/c1-5-15-27-21-17-11-7-9-13-19(17)29(3)23(21)26(32)28(27,16-6-2)22-18-12-8-10-14-20(18)30(4)24(22)25(27)31/h5-14H,1-2,15-16H2,3-4H3. The first-order chi connectivity index (χ1) is 15.5. The molecule has 2 aromatic heterocycles. The predicted octanol–water partition coefficient (Wildman–Crippen LogP) is 5.39. The smallest absolute Gasteiger partial charge is 0.191 e. The minimum atomic E-state index is -1.03. The zero-order chi connectivity index (χ0) is 22.4. The van der Waals surface area contributed by atoms with Crippen molar-refractivity contribution in [3.05, 3.63) is 96.4 Å². The van der Waals surface area contributed by atoms with Gasteiger partial charge in [-0.2, -0.15) is 0 Å². The molecular weight excluding hydrogens is 396 g/mol. The van der Waals surface area contributed by atoms with Crippen molar-refractivity contribution in [1.82, 2.24) is 9.13 Å². The van der Waals surface area contributed by atoms with E-state index in [9.17, 15) is 9.59 Å². The zero-order valence-corrected chi connectivity index (χ0v) is 18.3. The number of Topliss-reactive ketones (excluding diaryl/α,β-unsaturated/α-hetero) is 2. The molecular formula is C28H24N2O2. The van der Waals surface area contributed by atoms with Gasteiger partial charge in [0.1, 0.15) is 0 Å². The number of hydrogen-bond acceptors (Lipinski definition) is 2. The summed E-state index contributed by atoms with van der Waals surface area (Å²) in [5, 5.41) is 1.94. The van der Waals surface area contributed by atoms with E-state index in [1.807, 2.05) is 71.8 Å². The van der Waals surface area contributed by atoms with E-state index in [4.69, 9.17) is 0 Å². The van der Waals surface area contributed by atoms with Crippen LogP contribution in [0.3, 0.4) is 0 Å². The van der Waals surface area contributed by atoms with Gasteiger partial charge in [0.05, 0.1) is 22.2 Å². The molecule has 0 N–H and O–H groups in total. The molecule has 2 aliphatic rings. The summed E-state index contributed by atoms with van der Waals surface area (Å²) in [6, 6.07) is 16.0. The van der Waals surface area contributed by atoms with Gasteiger partial charge >= 0.3 is 0 Å². The van der Waals surface area contributed by atoms with Crippen molar-refractivity contribution in [1.29, 1.82) is 0 Å². The topological polar surface area (TPSA) is 44.0 Å². The fourth-order valence-electron chi connectivity index (χ4n) is 6.80. The summed E-state index contributed by atoms with van der Waals surface area (Å²) >= 11 is 0. The number of para-hydroxylation sites is 2. The van der Waals surface area contributed by atoms with Gasteiger partial charge in [-0.25, -0.2) is 0 Å². The maximum Gasteiger partial charge on any atom is 0.191 e. The summed E-state index contributed by atoms with van der Waals surface area (Å²) in [6.07, 6.45) is 4.40. The molecule has 4 nitrogen and oxygen atoms in total. The van der Waals surface area contributed by atoms with E-state index in [-0.39, 0.29) is 11.6 Å². The Labute approximate surface area is 186 Å². The maximum atomic E-state index is 14.6. The minimum absolute atomic E-state index is 0.0106. The van der Waals surface area contributed by atoms with Crippen molar-refractivity contribution in [2.24, 2.45) is 14.1 Å². The zero-order valence-electron chi connectivity index (χ0n) is 18.3. The van der Waals surface area contributed by atoms with Gasteiger partial charge in [0, 0.05) is 47.0 Å². The van der Waals surface area contributed by atoms with E-state index in [2.05, 4.69) is 13.2 Å². The normalized spacial score (nSPS) is 23.6. The molecule has 0 spiro atoms. The molecule has 158 valence electrons. The number of carbonyl (C=O) groups is 2. The van der Waals surface area contributed by atoms with Crippen LogP contribution >= 0.6 is 0 Å². The quantitative estimate of drug-likeness (QED) is 0.416. The van der Waals surface area contributed by atoms with Gasteiger partial charge in [0.2, 0.25) is 0 Å². The summed E-state index contributed by atoms with van der Waals surface area (Å²) in [6.45, 7) is 8.04. The lowest BCUT2D eigenvalue weighted by atomic mass is 9.59. The Morgan fingerprint density at radius 3 is 1.47 bits per heavy atom. The van der Waals surface area contributed by atoms with Gasteiger partial charge in [-0.1, -0.05) is 48.6 Å². The maximum absolute atomic E-state index is 14.6. The second kappa shape index (κ2) is 5.98. The van der Waals surface area contributed by atoms with Crippen molar-refractivity contribution in [3.63, 3.8) is 0 Å². The van der Waals surface area contributed by atoms with Crippen LogP contribution in [-0.4, -0.2) is 20.7 Å². The Bertz CT molecular complexity index is 1420. The second-order valence-electron chi connectivity index (χ2n) is 9.05. The van der Waals surface area contributed by atoms with Gasteiger partial charge in [-0.15, -0.1) is 13.2 Å². The van der Waals surface area contributed by atoms with Crippen LogP contribution in [0, 0.1) is 0 Å². The Morgan fingerprint density at radius 2 is 1.09 bits per heavy atom. The third-order valence-electron chi connectivity index (χ3n) is 7.90. The summed E-state index contributed by atoms with van der Waals surface area (Å²) in [4.78, 5) is 29.1. The number of nitrogens with zero attached hydrogens (tertiary/aromatic N) is 2. The lowest BCUT2D eigenvalue weighted by molar-refractivity contribution is 0.0737. The number of allylic oxidation sites excluding steroid dienone is 2. The molecule has 0 aliphatic heterocycles. The SMILES string of the molecule is C=CCC12C(=O)c3c(c4ccccc4n3C)C1(CC=C)C(=O)c1c2c2ccccc2n1C. The average molecular weight is 421 g/mol. The van der Waals surface area contributed by atoms with E-state index in [1.54, 1.807) is 12.2 Å². The van der Waals surface area contributed by atoms with E-state index in [1.165, 1.54) is 0 Å². The molecule has 0 saturated carbocycles. The molecule has 2 heterocycles. The number of rotatable bonds is 4. The highest BCUT2D eigenvalue weighted by molar-refractivity contribution is 6.29. The molecule has 2 aliphatic carbocycles. The van der Waals surface area contributed by atoms with Crippen LogP contribution in [0.4, 0.5) is 0 Å². The van der Waals surface area contributed by atoms with Crippen molar-refractivity contribution in [3.8, 4) is 0 Å². The molecule has 6 rings (SSSR count). The Kier molecular flexibility index (Phi) is 3.56. The van der Waals surface area contributed by atoms with Crippen LogP contribution in [0.25, 0.3) is 21.8 Å². The van der Waals surface area contributed by atoms with Crippen molar-refractivity contribution in [2.45, 2.75) is 23.7 Å². The molecule has 2 unspecified atom stereocenters. The molecule has 4 heteroatoms. The van der Waals surface area contributed by atoms with Crippen LogP contribution in [-0.2, 0) is 24.9 Å². The van der Waals surface area contributed by atoms with Crippen LogP contribution in [0.15, 0.2) is 73.8 Å². The highest BCUT2D eigenvalue weighted by Crippen LogP contribution is 2.66. The first-order valence-corrected chi connectivity index (χ1v) is 10.9. The molecule has 32 heavy (non-hydrogen) atoms. The predicted molar refractivity (Wildman–Crippen MR) is 127 cm³/mol. The number of hydrogen-bond donors (Lipinski definition) is 0. The van der Waals surface area contributed by atoms with Crippen LogP contribution in [0.2, 0.25) is 0 Å². The van der Waals surface area contributed by atoms with Crippen molar-refractivity contribution in [2.75, 3.05) is 0 Å². The molecule has 0 radical (unpaired) electrons. The largest absolute Gasteiger partial charge is 0.341 e. The molecule has 0 saturated heterocycles. The van der Waals surface area contributed by atoms with E-state index in [0.29, 0.717) is 24.2 Å². The monoisotopic (exact) mass is 420 g/mol. The first kappa shape index (κ1) is 19.1. The number of aromatic nitrogens is 2. The van der Waals surface area contributed by atoms with Crippen molar-refractivity contribution < 1.29 is 9.59 Å². The summed E-state index contributed by atoms with van der Waals surface area (Å²) in [7, 11) is 3.86. The van der Waals surface area contributed by atoms with Crippen LogP contribution in [0.1, 0.15) is 44.9 Å². The van der Waals surface area contributed by atoms with Gasteiger partial charge in [-0.3, -0.25) is 9.59 Å². The van der Waals surface area contributed by atoms with Gasteiger partial charge in [0.15, 0.2) is 11.6 Å². The summed E-state index contributed by atoms with van der Waals surface area (Å²) in [5.74, 6) is 0.0211. The Balaban J connectivity index is 1.87. The third-order valence-corrected chi connectivity index (χ3v) is 7.90. The molecule has 0 amide bonds. The highest BCUT2D eigenvalue weighted by Gasteiger charge is 2.73. The van der Waals surface area contributed by atoms with Gasteiger partial charge in [-0.05, 0) is 25.0 Å². The fourth-order valence-corrected chi connectivity index (χ4v) is 6.80. The summed E-state index contributed by atoms with van der Waals surface area (Å²) in [5.41, 5.74) is 2.87. The lowest BCUT2D eigenvalue weighted by Gasteiger charge is -2.38. The van der Waals surface area contributed by atoms with Crippen LogP contribution < -0.4 is 0 Å². The summed E-state index contributed by atoms with van der Waals surface area (Å²) < 4.78 is 3.94. The molecule has 2 atom stereocenters. The second-order valence-corrected chi connectivity index (χ2v) is 9.05. The molecule has 2 aromatic carbocycles. The molecule has 0 fully saturated rings. The Morgan fingerprint density at radius 1 is 0.719 bits per heavy atom.